The standard InChI is InChI=1S/C21H33NO/c1-16-20(10-7-15-22-16)23-19-13-11-18(12-14-19)21(2,3)17-8-5-4-6-9-17/h7,10,15,17-19H,4-6,8-9,11-14H2,1-3H3. The molecule has 0 aliphatic heterocycles. The van der Waals surface area contributed by atoms with E-state index >= 15 is 0 Å². The second kappa shape index (κ2) is 7.23. The van der Waals surface area contributed by atoms with E-state index < -0.39 is 0 Å². The molecule has 0 aromatic carbocycles. The van der Waals surface area contributed by atoms with E-state index in [9.17, 15) is 0 Å². The first kappa shape index (κ1) is 16.8. The van der Waals surface area contributed by atoms with Crippen LogP contribution in [0, 0.1) is 24.2 Å². The lowest BCUT2D eigenvalue weighted by molar-refractivity contribution is 0.0287. The molecule has 1 aromatic heterocycles. The zero-order valence-electron chi connectivity index (χ0n) is 15.2. The molecule has 0 N–H and O–H groups in total. The molecular weight excluding hydrogens is 282 g/mol. The average molecular weight is 316 g/mol. The largest absolute Gasteiger partial charge is 0.489 e. The minimum absolute atomic E-state index is 0.385. The van der Waals surface area contributed by atoms with E-state index in [0.29, 0.717) is 11.5 Å². The van der Waals surface area contributed by atoms with Gasteiger partial charge in [-0.3, -0.25) is 4.98 Å². The number of hydrogen-bond acceptors (Lipinski definition) is 2. The van der Waals surface area contributed by atoms with Crippen molar-refractivity contribution in [2.24, 2.45) is 17.3 Å². The van der Waals surface area contributed by atoms with Gasteiger partial charge in [0.1, 0.15) is 5.75 Å². The first-order valence-electron chi connectivity index (χ1n) is 9.65. The number of ether oxygens (including phenoxy) is 1. The molecular formula is C21H33NO. The highest BCUT2D eigenvalue weighted by atomic mass is 16.5. The lowest BCUT2D eigenvalue weighted by Gasteiger charge is -2.45. The third-order valence-corrected chi connectivity index (χ3v) is 6.64. The predicted molar refractivity (Wildman–Crippen MR) is 95.7 cm³/mol. The van der Waals surface area contributed by atoms with Crippen molar-refractivity contribution < 1.29 is 4.74 Å². The van der Waals surface area contributed by atoms with Crippen molar-refractivity contribution in [3.05, 3.63) is 24.0 Å². The van der Waals surface area contributed by atoms with Crippen LogP contribution in [0.2, 0.25) is 0 Å². The summed E-state index contributed by atoms with van der Waals surface area (Å²) in [6, 6.07) is 4.03. The summed E-state index contributed by atoms with van der Waals surface area (Å²) in [4.78, 5) is 4.33. The van der Waals surface area contributed by atoms with Crippen LogP contribution >= 0.6 is 0 Å². The summed E-state index contributed by atoms with van der Waals surface area (Å²) in [7, 11) is 0. The van der Waals surface area contributed by atoms with Gasteiger partial charge >= 0.3 is 0 Å². The summed E-state index contributed by atoms with van der Waals surface area (Å²) in [5, 5.41) is 0. The van der Waals surface area contributed by atoms with Gasteiger partial charge in [-0.25, -0.2) is 0 Å². The summed E-state index contributed by atoms with van der Waals surface area (Å²) < 4.78 is 6.23. The van der Waals surface area contributed by atoms with Crippen molar-refractivity contribution in [2.75, 3.05) is 0 Å². The second-order valence-electron chi connectivity index (χ2n) is 8.33. The van der Waals surface area contributed by atoms with E-state index in [-0.39, 0.29) is 0 Å². The maximum Gasteiger partial charge on any atom is 0.140 e. The van der Waals surface area contributed by atoms with Crippen LogP contribution in [0.3, 0.4) is 0 Å². The highest BCUT2D eigenvalue weighted by molar-refractivity contribution is 5.25. The Balaban J connectivity index is 1.54. The minimum atomic E-state index is 0.385. The summed E-state index contributed by atoms with van der Waals surface area (Å²) in [6.07, 6.45) is 14.6. The maximum absolute atomic E-state index is 6.23. The molecule has 23 heavy (non-hydrogen) atoms. The normalized spacial score (nSPS) is 26.9. The molecule has 2 nitrogen and oxygen atoms in total. The Hall–Kier alpha value is -1.05. The smallest absolute Gasteiger partial charge is 0.140 e. The second-order valence-corrected chi connectivity index (χ2v) is 8.33. The third-order valence-electron chi connectivity index (χ3n) is 6.64. The summed E-state index contributed by atoms with van der Waals surface area (Å²) >= 11 is 0. The van der Waals surface area contributed by atoms with Gasteiger partial charge in [-0.1, -0.05) is 33.1 Å². The average Bonchev–Trinajstić information content (AvgIpc) is 2.58. The van der Waals surface area contributed by atoms with Gasteiger partial charge in [0.2, 0.25) is 0 Å². The Morgan fingerprint density at radius 3 is 2.26 bits per heavy atom. The van der Waals surface area contributed by atoms with E-state index in [4.69, 9.17) is 4.74 Å². The molecule has 0 unspecified atom stereocenters. The number of pyridine rings is 1. The molecule has 2 fully saturated rings. The molecule has 3 rings (SSSR count). The number of nitrogens with zero attached hydrogens (tertiary/aromatic N) is 1. The van der Waals surface area contributed by atoms with E-state index in [1.807, 2.05) is 19.2 Å². The molecule has 0 spiro atoms. The summed E-state index contributed by atoms with van der Waals surface area (Å²) in [5.41, 5.74) is 1.52. The molecule has 0 bridgehead atoms. The number of aromatic nitrogens is 1. The Morgan fingerprint density at radius 2 is 1.61 bits per heavy atom. The first-order valence-corrected chi connectivity index (χ1v) is 9.65. The molecule has 0 radical (unpaired) electrons. The lowest BCUT2D eigenvalue weighted by Crippen LogP contribution is -2.38. The fourth-order valence-corrected chi connectivity index (χ4v) is 4.88. The Kier molecular flexibility index (Phi) is 5.28. The molecule has 0 saturated heterocycles. The zero-order valence-corrected chi connectivity index (χ0v) is 15.2. The van der Waals surface area contributed by atoms with Gasteiger partial charge < -0.3 is 4.74 Å². The van der Waals surface area contributed by atoms with Gasteiger partial charge in [-0.05, 0) is 74.8 Å². The molecule has 2 aliphatic carbocycles. The van der Waals surface area contributed by atoms with Crippen molar-refractivity contribution in [2.45, 2.75) is 84.7 Å². The van der Waals surface area contributed by atoms with Crippen LogP contribution in [-0.2, 0) is 0 Å². The van der Waals surface area contributed by atoms with Crippen LogP contribution < -0.4 is 4.74 Å². The Bertz CT molecular complexity index is 496. The molecule has 2 saturated carbocycles. The van der Waals surface area contributed by atoms with Gasteiger partial charge in [0.15, 0.2) is 0 Å². The SMILES string of the molecule is Cc1ncccc1OC1CCC(C(C)(C)C2CCCCC2)CC1. The quantitative estimate of drug-likeness (QED) is 0.686. The monoisotopic (exact) mass is 315 g/mol. The maximum atomic E-state index is 6.23. The van der Waals surface area contributed by atoms with Gasteiger partial charge in [-0.2, -0.15) is 0 Å². The van der Waals surface area contributed by atoms with Crippen molar-refractivity contribution in [3.8, 4) is 5.75 Å². The summed E-state index contributed by atoms with van der Waals surface area (Å²) in [6.45, 7) is 7.12. The van der Waals surface area contributed by atoms with Crippen molar-refractivity contribution in [1.29, 1.82) is 0 Å². The van der Waals surface area contributed by atoms with Crippen molar-refractivity contribution >= 4 is 0 Å². The number of rotatable bonds is 4. The molecule has 0 amide bonds. The predicted octanol–water partition coefficient (Wildman–Crippen LogP) is 5.93. The first-order chi connectivity index (χ1) is 11.1. The van der Waals surface area contributed by atoms with Gasteiger partial charge in [-0.15, -0.1) is 0 Å². The minimum Gasteiger partial charge on any atom is -0.489 e. The molecule has 0 atom stereocenters. The summed E-state index contributed by atoms with van der Waals surface area (Å²) in [5.74, 6) is 2.79. The third kappa shape index (κ3) is 3.89. The van der Waals surface area contributed by atoms with Gasteiger partial charge in [0, 0.05) is 6.20 Å². The molecule has 2 heteroatoms. The zero-order chi connectivity index (χ0) is 16.3. The van der Waals surface area contributed by atoms with Crippen LogP contribution in [0.15, 0.2) is 18.3 Å². The van der Waals surface area contributed by atoms with Crippen molar-refractivity contribution in [1.82, 2.24) is 4.98 Å². The number of hydrogen-bond donors (Lipinski definition) is 0. The van der Waals surface area contributed by atoms with E-state index in [2.05, 4.69) is 24.9 Å². The highest BCUT2D eigenvalue weighted by Gasteiger charge is 2.39. The van der Waals surface area contributed by atoms with Crippen LogP contribution in [0.1, 0.15) is 77.3 Å². The van der Waals surface area contributed by atoms with Gasteiger partial charge in [0.05, 0.1) is 11.8 Å². The lowest BCUT2D eigenvalue weighted by atomic mass is 9.61. The van der Waals surface area contributed by atoms with E-state index in [1.54, 1.807) is 0 Å². The van der Waals surface area contributed by atoms with E-state index in [0.717, 1.165) is 23.3 Å². The topological polar surface area (TPSA) is 22.1 Å². The molecule has 1 aromatic rings. The Morgan fingerprint density at radius 1 is 0.957 bits per heavy atom. The van der Waals surface area contributed by atoms with Crippen molar-refractivity contribution in [3.63, 3.8) is 0 Å². The molecule has 128 valence electrons. The van der Waals surface area contributed by atoms with Crippen LogP contribution in [0.4, 0.5) is 0 Å². The van der Waals surface area contributed by atoms with Gasteiger partial charge in [0.25, 0.3) is 0 Å². The number of aryl methyl sites for hydroxylation is 1. The molecule has 2 aliphatic rings. The van der Waals surface area contributed by atoms with E-state index in [1.165, 1.54) is 57.8 Å². The fourth-order valence-electron chi connectivity index (χ4n) is 4.88. The van der Waals surface area contributed by atoms with Crippen LogP contribution in [0.5, 0.6) is 5.75 Å². The highest BCUT2D eigenvalue weighted by Crippen LogP contribution is 2.48. The Labute approximate surface area is 142 Å². The molecule has 1 heterocycles. The van der Waals surface area contributed by atoms with Crippen LogP contribution in [0.25, 0.3) is 0 Å². The fraction of sp³-hybridized carbons (Fsp3) is 0.762. The van der Waals surface area contributed by atoms with Crippen LogP contribution in [-0.4, -0.2) is 11.1 Å².